The molecule has 2 amide bonds. The maximum absolute atomic E-state index is 11.5. The third kappa shape index (κ3) is 11.7. The van der Waals surface area contributed by atoms with Gasteiger partial charge in [0, 0.05) is 68.9 Å². The van der Waals surface area contributed by atoms with E-state index in [2.05, 4.69) is 51.9 Å². The summed E-state index contributed by atoms with van der Waals surface area (Å²) in [5.74, 6) is 2.06. The van der Waals surface area contributed by atoms with E-state index in [-0.39, 0.29) is 17.9 Å². The number of nitrogens with zero attached hydrogens (tertiary/aromatic N) is 3. The molecule has 1 aliphatic carbocycles. The largest absolute Gasteiger partial charge is 0.491 e. The van der Waals surface area contributed by atoms with Crippen molar-refractivity contribution in [2.75, 3.05) is 45.3 Å². The van der Waals surface area contributed by atoms with Crippen LogP contribution in [0.25, 0.3) is 0 Å². The molecule has 5 unspecified atom stereocenters. The Morgan fingerprint density at radius 1 is 1.22 bits per heavy atom. The van der Waals surface area contributed by atoms with E-state index in [0.29, 0.717) is 31.4 Å². The highest BCUT2D eigenvalue weighted by Gasteiger charge is 2.38. The zero-order valence-corrected chi connectivity index (χ0v) is 32.0. The third-order valence-electron chi connectivity index (χ3n) is 9.75. The zero-order valence-electron chi connectivity index (χ0n) is 30.5. The molecule has 2 heterocycles. The van der Waals surface area contributed by atoms with Gasteiger partial charge in [0.25, 0.3) is 0 Å². The van der Waals surface area contributed by atoms with Gasteiger partial charge in [0.2, 0.25) is 12.3 Å². The van der Waals surface area contributed by atoms with Crippen LogP contribution < -0.4 is 14.4 Å². The Morgan fingerprint density at radius 3 is 2.65 bits per heavy atom. The lowest BCUT2D eigenvalue weighted by Crippen LogP contribution is -2.44. The molecule has 5 atom stereocenters. The Labute approximate surface area is 312 Å². The lowest BCUT2D eigenvalue weighted by molar-refractivity contribution is -0.127. The van der Waals surface area contributed by atoms with Crippen LogP contribution in [0, 0.1) is 11.8 Å². The topological polar surface area (TPSA) is 104 Å². The van der Waals surface area contributed by atoms with Crippen LogP contribution in [0.2, 0.25) is 5.02 Å². The van der Waals surface area contributed by atoms with Crippen LogP contribution in [-0.4, -0.2) is 73.8 Å². The normalized spacial score (nSPS) is 19.4. The van der Waals surface area contributed by atoms with E-state index in [1.165, 1.54) is 23.1 Å². The molecule has 5 rings (SSSR count). The van der Waals surface area contributed by atoms with E-state index >= 15 is 0 Å². The summed E-state index contributed by atoms with van der Waals surface area (Å²) in [4.78, 5) is 30.4. The number of carbonyl (C=O) groups is 2. The molecule has 3 aromatic rings. The average Bonchev–Trinajstić information content (AvgIpc) is 3.30. The van der Waals surface area contributed by atoms with Gasteiger partial charge in [-0.1, -0.05) is 49.2 Å². The summed E-state index contributed by atoms with van der Waals surface area (Å²) in [7, 11) is 3.63. The van der Waals surface area contributed by atoms with Gasteiger partial charge >= 0.3 is 0 Å². The first kappa shape index (κ1) is 40.2. The fraction of sp³-hybridized carbons (Fsp3) is 0.475. The van der Waals surface area contributed by atoms with Crippen molar-refractivity contribution in [2.24, 2.45) is 11.8 Å². The maximum atomic E-state index is 11.5. The van der Waals surface area contributed by atoms with E-state index in [1.807, 2.05) is 44.3 Å². The second-order valence-corrected chi connectivity index (χ2v) is 14.6. The van der Waals surface area contributed by atoms with Crippen molar-refractivity contribution < 1.29 is 24.2 Å². The number of fused-ring (bicyclic) bond motifs is 1. The number of aliphatic hydroxyl groups excluding tert-OH is 1. The lowest BCUT2D eigenvalue weighted by atomic mass is 9.70. The van der Waals surface area contributed by atoms with Gasteiger partial charge in [-0.15, -0.1) is 0 Å². The molecule has 1 saturated carbocycles. The molecule has 0 radical (unpaired) electrons. The number of aryl methyl sites for hydroxylation is 1. The number of methoxy groups -OCH3 is 1. The number of aliphatic hydroxyl groups is 1. The van der Waals surface area contributed by atoms with Crippen molar-refractivity contribution in [3.63, 3.8) is 0 Å². The van der Waals surface area contributed by atoms with Gasteiger partial charge in [-0.25, -0.2) is 0 Å². The SMILES string of the molecule is CCCc1cc(Cl)ccc1C1COc2ccc(C(C)O)cc2N(CC2CCC2C(/C=C/CCN(C)C(C)=O)OC)C1.O=CNSc1ccncc1. The number of halogens is 1. The molecule has 0 saturated heterocycles. The number of carbonyl (C=O) groups excluding carboxylic acids is 2. The highest BCUT2D eigenvalue weighted by atomic mass is 35.5. The number of aromatic nitrogens is 1. The van der Waals surface area contributed by atoms with Gasteiger partial charge in [0.15, 0.2) is 0 Å². The number of rotatable bonds is 15. The predicted molar refractivity (Wildman–Crippen MR) is 206 cm³/mol. The summed E-state index contributed by atoms with van der Waals surface area (Å²) < 4.78 is 14.9. The van der Waals surface area contributed by atoms with Crippen LogP contribution in [0.15, 0.2) is 78.0 Å². The highest BCUT2D eigenvalue weighted by molar-refractivity contribution is 7.97. The van der Waals surface area contributed by atoms with Crippen LogP contribution in [0.5, 0.6) is 5.75 Å². The second kappa shape index (κ2) is 20.5. The maximum Gasteiger partial charge on any atom is 0.219 e. The van der Waals surface area contributed by atoms with Crippen LogP contribution in [0.3, 0.4) is 0 Å². The molecule has 1 aromatic heterocycles. The zero-order chi connectivity index (χ0) is 36.8. The van der Waals surface area contributed by atoms with E-state index in [0.717, 1.165) is 72.1 Å². The Balaban J connectivity index is 0.000000502. The van der Waals surface area contributed by atoms with Crippen molar-refractivity contribution in [3.05, 3.63) is 94.8 Å². The van der Waals surface area contributed by atoms with Gasteiger partial charge in [-0.3, -0.25) is 19.3 Å². The number of hydrogen-bond acceptors (Lipinski definition) is 8. The van der Waals surface area contributed by atoms with Crippen LogP contribution >= 0.6 is 23.5 Å². The molecule has 11 heteroatoms. The number of anilines is 1. The van der Waals surface area contributed by atoms with Gasteiger partial charge in [-0.05, 0) is 109 Å². The number of amides is 2. The standard InChI is InChI=1S/C34H47ClN2O4.C6H6N2OS/c1-6-9-26-18-29(35)13-15-30(26)28-21-37(32-19-25(23(2)38)12-16-34(32)41-22-28)20-27-11-14-31(27)33(40-5)10-7-8-17-36(4)24(3)39;9-5-8-10-6-1-3-7-4-2-6/h7,10,12-13,15-16,18-19,23,27-28,31,33,38H,6,8-9,11,14,17,20-22H2,1-5H3;1-5H,(H,8,9)/b10-7+;. The van der Waals surface area contributed by atoms with Gasteiger partial charge in [-0.2, -0.15) is 0 Å². The molecular weight excluding hydrogens is 684 g/mol. The Morgan fingerprint density at radius 2 is 2.00 bits per heavy atom. The van der Waals surface area contributed by atoms with E-state index < -0.39 is 6.10 Å². The fourth-order valence-electron chi connectivity index (χ4n) is 6.68. The fourth-order valence-corrected chi connectivity index (χ4v) is 7.31. The molecule has 2 aromatic carbocycles. The van der Waals surface area contributed by atoms with Crippen molar-refractivity contribution in [1.82, 2.24) is 14.6 Å². The number of pyridine rings is 1. The Kier molecular flexibility index (Phi) is 16.1. The Bertz CT molecular complexity index is 1580. The van der Waals surface area contributed by atoms with Gasteiger partial charge < -0.3 is 24.4 Å². The lowest BCUT2D eigenvalue weighted by Gasteiger charge is -2.43. The minimum Gasteiger partial charge on any atom is -0.491 e. The summed E-state index contributed by atoms with van der Waals surface area (Å²) in [6, 6.07) is 16.0. The number of hydrogen-bond donors (Lipinski definition) is 2. The summed E-state index contributed by atoms with van der Waals surface area (Å²) in [5.41, 5.74) is 4.56. The van der Waals surface area contributed by atoms with Crippen LogP contribution in [0.4, 0.5) is 5.69 Å². The molecule has 9 nitrogen and oxygen atoms in total. The molecule has 2 aliphatic rings. The molecule has 2 N–H and O–H groups in total. The van der Waals surface area contributed by atoms with Crippen LogP contribution in [-0.2, 0) is 20.7 Å². The molecule has 0 spiro atoms. The third-order valence-corrected chi connectivity index (χ3v) is 10.7. The monoisotopic (exact) mass is 736 g/mol. The first-order valence-electron chi connectivity index (χ1n) is 17.8. The smallest absolute Gasteiger partial charge is 0.219 e. The Hall–Kier alpha value is -3.57. The number of benzene rings is 2. The average molecular weight is 737 g/mol. The van der Waals surface area contributed by atoms with Crippen molar-refractivity contribution >= 4 is 41.6 Å². The highest BCUT2D eigenvalue weighted by Crippen LogP contribution is 2.43. The van der Waals surface area contributed by atoms with E-state index in [4.69, 9.17) is 21.1 Å². The molecule has 0 bridgehead atoms. The minimum absolute atomic E-state index is 0.0473. The summed E-state index contributed by atoms with van der Waals surface area (Å²) >= 11 is 7.66. The van der Waals surface area contributed by atoms with E-state index in [9.17, 15) is 14.7 Å². The molecule has 276 valence electrons. The molecule has 1 fully saturated rings. The summed E-state index contributed by atoms with van der Waals surface area (Å²) in [6.45, 7) is 8.65. The quantitative estimate of drug-likeness (QED) is 0.0933. The van der Waals surface area contributed by atoms with Crippen molar-refractivity contribution in [1.29, 1.82) is 0 Å². The first-order valence-corrected chi connectivity index (χ1v) is 19.0. The number of nitrogens with one attached hydrogen (secondary N) is 1. The first-order chi connectivity index (χ1) is 24.6. The molecular formula is C40H53ClN4O5S. The molecule has 51 heavy (non-hydrogen) atoms. The summed E-state index contributed by atoms with van der Waals surface area (Å²) in [6.07, 6.45) is 13.0. The number of ether oxygens (including phenoxy) is 2. The summed E-state index contributed by atoms with van der Waals surface area (Å²) in [5, 5.41) is 11.1. The molecule has 1 aliphatic heterocycles. The van der Waals surface area contributed by atoms with Gasteiger partial charge in [0.1, 0.15) is 5.75 Å². The van der Waals surface area contributed by atoms with Crippen molar-refractivity contribution in [2.45, 2.75) is 75.9 Å². The van der Waals surface area contributed by atoms with Gasteiger partial charge in [0.05, 0.1) is 24.5 Å². The predicted octanol–water partition coefficient (Wildman–Crippen LogP) is 7.63. The van der Waals surface area contributed by atoms with Crippen LogP contribution in [0.1, 0.15) is 75.2 Å². The van der Waals surface area contributed by atoms with Crippen molar-refractivity contribution in [3.8, 4) is 5.75 Å². The minimum atomic E-state index is -0.546. The second-order valence-electron chi connectivity index (χ2n) is 13.3. The van der Waals surface area contributed by atoms with E-state index in [1.54, 1.807) is 31.3 Å².